The fraction of sp³-hybridized carbons (Fsp3) is 0.323. The van der Waals surface area contributed by atoms with Crippen LogP contribution in [0, 0.1) is 0 Å². The molecule has 1 aromatic heterocycles. The summed E-state index contributed by atoms with van der Waals surface area (Å²) in [7, 11) is 1.91. The summed E-state index contributed by atoms with van der Waals surface area (Å²) in [5.41, 5.74) is 3.50. The van der Waals surface area contributed by atoms with E-state index in [0.29, 0.717) is 44.4 Å². The van der Waals surface area contributed by atoms with Gasteiger partial charge in [-0.2, -0.15) is 4.98 Å². The van der Waals surface area contributed by atoms with E-state index in [0.717, 1.165) is 22.2 Å². The Morgan fingerprint density at radius 3 is 2.55 bits per heavy atom. The lowest BCUT2D eigenvalue weighted by atomic mass is 10.0. The molecule has 2 amide bonds. The van der Waals surface area contributed by atoms with Gasteiger partial charge in [0.25, 0.3) is 11.9 Å². The second-order valence-electron chi connectivity index (χ2n) is 9.65. The summed E-state index contributed by atoms with van der Waals surface area (Å²) < 4.78 is 22.8. The molecule has 1 aliphatic rings. The van der Waals surface area contributed by atoms with Gasteiger partial charge in [-0.25, -0.2) is 9.69 Å². The smallest absolute Gasteiger partial charge is 0.417 e. The van der Waals surface area contributed by atoms with Crippen LogP contribution in [0.25, 0.3) is 11.1 Å². The topological polar surface area (TPSA) is 94.3 Å². The first kappa shape index (κ1) is 27.2. The van der Waals surface area contributed by atoms with Gasteiger partial charge in [-0.15, -0.1) is 0 Å². The fourth-order valence-electron chi connectivity index (χ4n) is 4.70. The molecule has 1 aliphatic heterocycles. The van der Waals surface area contributed by atoms with Crippen molar-refractivity contribution in [3.63, 3.8) is 0 Å². The van der Waals surface area contributed by atoms with Crippen molar-refractivity contribution in [3.05, 3.63) is 90.0 Å². The number of aromatic nitrogens is 1. The quantitative estimate of drug-likeness (QED) is 0.250. The minimum absolute atomic E-state index is 0.173. The van der Waals surface area contributed by atoms with Crippen LogP contribution in [0.15, 0.2) is 83.3 Å². The van der Waals surface area contributed by atoms with Gasteiger partial charge in [-0.05, 0) is 48.7 Å². The number of para-hydroxylation sites is 2. The van der Waals surface area contributed by atoms with Crippen LogP contribution in [0.5, 0.6) is 5.75 Å². The predicted octanol–water partition coefficient (Wildman–Crippen LogP) is 4.88. The van der Waals surface area contributed by atoms with Gasteiger partial charge >= 0.3 is 6.09 Å². The molecule has 9 nitrogen and oxygen atoms in total. The van der Waals surface area contributed by atoms with E-state index in [1.165, 1.54) is 4.90 Å². The van der Waals surface area contributed by atoms with Gasteiger partial charge in [0.1, 0.15) is 30.6 Å². The number of benzene rings is 3. The van der Waals surface area contributed by atoms with Crippen molar-refractivity contribution in [2.24, 2.45) is 0 Å². The highest BCUT2D eigenvalue weighted by molar-refractivity contribution is 5.96. The van der Waals surface area contributed by atoms with Gasteiger partial charge in [0, 0.05) is 20.1 Å². The Morgan fingerprint density at radius 2 is 1.80 bits per heavy atom. The zero-order valence-electron chi connectivity index (χ0n) is 22.7. The molecule has 5 rings (SSSR count). The van der Waals surface area contributed by atoms with Gasteiger partial charge in [0.2, 0.25) is 0 Å². The average molecular weight is 544 g/mol. The van der Waals surface area contributed by atoms with Gasteiger partial charge in [-0.3, -0.25) is 4.79 Å². The maximum absolute atomic E-state index is 13.5. The number of carbonyl (C=O) groups is 2. The maximum atomic E-state index is 13.5. The fourth-order valence-corrected chi connectivity index (χ4v) is 4.70. The minimum atomic E-state index is -0.800. The number of imide groups is 1. The minimum Gasteiger partial charge on any atom is -0.492 e. The van der Waals surface area contributed by atoms with E-state index in [1.54, 1.807) is 0 Å². The monoisotopic (exact) mass is 543 g/mol. The lowest BCUT2D eigenvalue weighted by Gasteiger charge is -2.25. The number of cyclic esters (lactones) is 1. The third kappa shape index (κ3) is 6.43. The number of anilines is 1. The number of hydrogen-bond donors (Lipinski definition) is 0. The standard InChI is InChI=1S/C31H33N3O6/c1-3-37-28(29(35)34-24(21-39-31(34)36)19-22-9-5-4-6-10-22)20-23-13-15-25(16-14-23)38-18-17-33(2)30-32-26-11-7-8-12-27(26)40-30/h4-16,24,28H,3,17-21H2,1-2H3/t24-,28-/m0/s1. The number of hydrogen-bond acceptors (Lipinski definition) is 8. The zero-order chi connectivity index (χ0) is 27.9. The lowest BCUT2D eigenvalue weighted by molar-refractivity contribution is -0.141. The number of oxazole rings is 1. The van der Waals surface area contributed by atoms with Crippen LogP contribution in [0.1, 0.15) is 18.1 Å². The van der Waals surface area contributed by atoms with Gasteiger partial charge in [-0.1, -0.05) is 54.6 Å². The van der Waals surface area contributed by atoms with Crippen molar-refractivity contribution in [1.82, 2.24) is 9.88 Å². The Bertz CT molecular complexity index is 1390. The molecule has 0 aliphatic carbocycles. The molecule has 0 spiro atoms. The molecule has 0 saturated carbocycles. The highest BCUT2D eigenvalue weighted by Crippen LogP contribution is 2.23. The summed E-state index contributed by atoms with van der Waals surface area (Å²) in [6.45, 7) is 3.38. The SMILES string of the molecule is CCO[C@@H](Cc1ccc(OCCN(C)c2nc3ccccc3o2)cc1)C(=O)N1C(=O)OC[C@@H]1Cc1ccccc1. The third-order valence-corrected chi connectivity index (χ3v) is 6.80. The maximum Gasteiger partial charge on any atom is 0.417 e. The molecule has 3 aromatic carbocycles. The molecule has 0 N–H and O–H groups in total. The number of fused-ring (bicyclic) bond motifs is 1. The van der Waals surface area contributed by atoms with Crippen LogP contribution in [0.2, 0.25) is 0 Å². The van der Waals surface area contributed by atoms with Crippen LogP contribution in [-0.2, 0) is 27.1 Å². The number of amides is 2. The Kier molecular flexibility index (Phi) is 8.61. The molecule has 9 heteroatoms. The van der Waals surface area contributed by atoms with Crippen LogP contribution in [-0.4, -0.2) is 67.4 Å². The first-order valence-electron chi connectivity index (χ1n) is 13.5. The number of ether oxygens (including phenoxy) is 3. The summed E-state index contributed by atoms with van der Waals surface area (Å²) in [5, 5.41) is 0. The predicted molar refractivity (Wildman–Crippen MR) is 150 cm³/mol. The lowest BCUT2D eigenvalue weighted by Crippen LogP contribution is -2.47. The summed E-state index contributed by atoms with van der Waals surface area (Å²) >= 11 is 0. The zero-order valence-corrected chi connectivity index (χ0v) is 22.7. The van der Waals surface area contributed by atoms with E-state index in [-0.39, 0.29) is 18.6 Å². The highest BCUT2D eigenvalue weighted by Gasteiger charge is 2.41. The van der Waals surface area contributed by atoms with Crippen LogP contribution < -0.4 is 9.64 Å². The van der Waals surface area contributed by atoms with Crippen molar-refractivity contribution in [2.75, 3.05) is 38.3 Å². The Labute approximate surface area is 233 Å². The second kappa shape index (κ2) is 12.7. The van der Waals surface area contributed by atoms with Crippen LogP contribution >= 0.6 is 0 Å². The van der Waals surface area contributed by atoms with Crippen molar-refractivity contribution in [2.45, 2.75) is 31.9 Å². The Morgan fingerprint density at radius 1 is 1.05 bits per heavy atom. The highest BCUT2D eigenvalue weighted by atomic mass is 16.6. The molecule has 1 fully saturated rings. The largest absolute Gasteiger partial charge is 0.492 e. The van der Waals surface area contributed by atoms with Gasteiger partial charge < -0.3 is 23.5 Å². The molecule has 0 radical (unpaired) electrons. The molecule has 2 atom stereocenters. The molecular weight excluding hydrogens is 510 g/mol. The van der Waals surface area contributed by atoms with Gasteiger partial charge in [0.05, 0.1) is 12.6 Å². The molecule has 40 heavy (non-hydrogen) atoms. The number of rotatable bonds is 12. The first-order chi connectivity index (χ1) is 19.5. The average Bonchev–Trinajstić information content (AvgIpc) is 3.57. The van der Waals surface area contributed by atoms with Crippen molar-refractivity contribution in [1.29, 1.82) is 0 Å². The second-order valence-corrected chi connectivity index (χ2v) is 9.65. The summed E-state index contributed by atoms with van der Waals surface area (Å²) in [6, 6.07) is 25.1. The molecule has 1 saturated heterocycles. The van der Waals surface area contributed by atoms with E-state index in [4.69, 9.17) is 18.6 Å². The number of carbonyl (C=O) groups excluding carboxylic acids is 2. The molecule has 0 bridgehead atoms. The van der Waals surface area contributed by atoms with E-state index < -0.39 is 12.2 Å². The Hall–Kier alpha value is -4.37. The van der Waals surface area contributed by atoms with Gasteiger partial charge in [0.15, 0.2) is 5.58 Å². The van der Waals surface area contributed by atoms with E-state index in [2.05, 4.69) is 4.98 Å². The molecule has 208 valence electrons. The summed E-state index contributed by atoms with van der Waals surface area (Å²) in [6.07, 6.45) is -0.562. The number of likely N-dealkylation sites (N-methyl/N-ethyl adjacent to an activating group) is 1. The van der Waals surface area contributed by atoms with Crippen LogP contribution in [0.3, 0.4) is 0 Å². The molecule has 4 aromatic rings. The summed E-state index contributed by atoms with van der Waals surface area (Å²) in [4.78, 5) is 33.6. The summed E-state index contributed by atoms with van der Waals surface area (Å²) in [5.74, 6) is 0.327. The van der Waals surface area contributed by atoms with Crippen LogP contribution in [0.4, 0.5) is 10.8 Å². The normalized spacial score (nSPS) is 15.7. The van der Waals surface area contributed by atoms with E-state index in [1.807, 2.05) is 97.7 Å². The molecular formula is C31H33N3O6. The first-order valence-corrected chi connectivity index (χ1v) is 13.5. The Balaban J connectivity index is 1.16. The third-order valence-electron chi connectivity index (χ3n) is 6.80. The van der Waals surface area contributed by atoms with E-state index >= 15 is 0 Å². The molecule has 0 unspecified atom stereocenters. The van der Waals surface area contributed by atoms with Crippen molar-refractivity contribution in [3.8, 4) is 5.75 Å². The van der Waals surface area contributed by atoms with E-state index in [9.17, 15) is 9.59 Å². The molecule has 2 heterocycles. The number of nitrogens with zero attached hydrogens (tertiary/aromatic N) is 3. The van der Waals surface area contributed by atoms with Crippen molar-refractivity contribution >= 4 is 29.1 Å². The van der Waals surface area contributed by atoms with Crippen molar-refractivity contribution < 1.29 is 28.2 Å².